The minimum absolute atomic E-state index is 0.0638. The SMILES string of the molecule is CC[C@H]1CN(C(=O)Nc2cccc(C(F)(F)F)c2)CC[C@H]1CC(=O)NCC[NH+]1CCCC1. The van der Waals surface area contributed by atoms with E-state index in [-0.39, 0.29) is 23.4 Å². The lowest BCUT2D eigenvalue weighted by molar-refractivity contribution is -0.886. The Morgan fingerprint density at radius 2 is 1.94 bits per heavy atom. The van der Waals surface area contributed by atoms with Gasteiger partial charge in [-0.05, 0) is 36.5 Å². The molecule has 3 rings (SSSR count). The first-order chi connectivity index (χ1) is 15.3. The fourth-order valence-corrected chi connectivity index (χ4v) is 4.79. The zero-order chi connectivity index (χ0) is 23.1. The van der Waals surface area contributed by atoms with Crippen LogP contribution in [0.1, 0.15) is 44.6 Å². The Kier molecular flexibility index (Phi) is 8.39. The maximum atomic E-state index is 12.9. The molecular formula is C23H34F3N4O2+. The summed E-state index contributed by atoms with van der Waals surface area (Å²) in [5.41, 5.74) is -0.669. The van der Waals surface area contributed by atoms with Crippen molar-refractivity contribution in [2.24, 2.45) is 11.8 Å². The number of likely N-dealkylation sites (tertiary alicyclic amines) is 2. The molecule has 0 unspecified atom stereocenters. The second-order valence-corrected chi connectivity index (χ2v) is 8.93. The molecule has 2 saturated heterocycles. The number of nitrogens with zero attached hydrogens (tertiary/aromatic N) is 1. The van der Waals surface area contributed by atoms with Crippen molar-refractivity contribution >= 4 is 17.6 Å². The van der Waals surface area contributed by atoms with E-state index >= 15 is 0 Å². The molecule has 6 nitrogen and oxygen atoms in total. The highest BCUT2D eigenvalue weighted by atomic mass is 19.4. The second-order valence-electron chi connectivity index (χ2n) is 8.93. The van der Waals surface area contributed by atoms with Crippen LogP contribution in [-0.2, 0) is 11.0 Å². The van der Waals surface area contributed by atoms with Crippen LogP contribution >= 0.6 is 0 Å². The number of hydrogen-bond acceptors (Lipinski definition) is 2. The van der Waals surface area contributed by atoms with Crippen molar-refractivity contribution in [2.45, 2.75) is 45.2 Å². The molecule has 0 spiro atoms. The average molecular weight is 456 g/mol. The van der Waals surface area contributed by atoms with E-state index in [0.717, 1.165) is 25.1 Å². The molecule has 2 fully saturated rings. The van der Waals surface area contributed by atoms with Gasteiger partial charge in [0.05, 0.1) is 31.7 Å². The van der Waals surface area contributed by atoms with E-state index in [0.29, 0.717) is 32.5 Å². The predicted molar refractivity (Wildman–Crippen MR) is 116 cm³/mol. The fraction of sp³-hybridized carbons (Fsp3) is 0.652. The molecule has 0 aliphatic carbocycles. The first-order valence-electron chi connectivity index (χ1n) is 11.6. The highest BCUT2D eigenvalue weighted by Crippen LogP contribution is 2.32. The van der Waals surface area contributed by atoms with Crippen molar-refractivity contribution in [3.05, 3.63) is 29.8 Å². The molecule has 32 heavy (non-hydrogen) atoms. The van der Waals surface area contributed by atoms with Crippen LogP contribution in [0.25, 0.3) is 0 Å². The third kappa shape index (κ3) is 6.85. The minimum Gasteiger partial charge on any atom is -0.350 e. The van der Waals surface area contributed by atoms with Crippen LogP contribution in [-0.4, -0.2) is 56.1 Å². The number of hydrogen-bond donors (Lipinski definition) is 3. The van der Waals surface area contributed by atoms with Crippen LogP contribution in [0.15, 0.2) is 24.3 Å². The first-order valence-corrected chi connectivity index (χ1v) is 11.6. The fourth-order valence-electron chi connectivity index (χ4n) is 4.79. The normalized spacial score (nSPS) is 22.1. The van der Waals surface area contributed by atoms with Crippen LogP contribution in [0.3, 0.4) is 0 Å². The maximum Gasteiger partial charge on any atom is 0.416 e. The first kappa shape index (κ1) is 24.4. The van der Waals surface area contributed by atoms with Gasteiger partial charge in [0.1, 0.15) is 0 Å². The van der Waals surface area contributed by atoms with Crippen LogP contribution in [0.5, 0.6) is 0 Å². The van der Waals surface area contributed by atoms with E-state index < -0.39 is 17.8 Å². The molecule has 2 aliphatic heterocycles. The number of anilines is 1. The summed E-state index contributed by atoms with van der Waals surface area (Å²) in [6.07, 6.45) is 0.0744. The summed E-state index contributed by atoms with van der Waals surface area (Å²) in [5, 5.41) is 5.63. The number of carbonyl (C=O) groups is 2. The quantitative estimate of drug-likeness (QED) is 0.592. The van der Waals surface area contributed by atoms with Gasteiger partial charge >= 0.3 is 12.2 Å². The number of nitrogens with one attached hydrogen (secondary N) is 3. The van der Waals surface area contributed by atoms with E-state index in [2.05, 4.69) is 10.6 Å². The summed E-state index contributed by atoms with van der Waals surface area (Å²) in [6.45, 7) is 7.07. The second kappa shape index (κ2) is 11.0. The molecule has 3 N–H and O–H groups in total. The number of urea groups is 1. The van der Waals surface area contributed by atoms with Gasteiger partial charge in [-0.1, -0.05) is 19.4 Å². The predicted octanol–water partition coefficient (Wildman–Crippen LogP) is 2.77. The van der Waals surface area contributed by atoms with E-state index in [1.807, 2.05) is 6.92 Å². The highest BCUT2D eigenvalue weighted by Gasteiger charge is 2.33. The molecule has 0 saturated carbocycles. The lowest BCUT2D eigenvalue weighted by atomic mass is 9.81. The lowest BCUT2D eigenvalue weighted by Gasteiger charge is -2.38. The largest absolute Gasteiger partial charge is 0.416 e. The minimum atomic E-state index is -4.46. The number of quaternary nitrogens is 1. The van der Waals surface area contributed by atoms with Crippen LogP contribution in [0, 0.1) is 11.8 Å². The van der Waals surface area contributed by atoms with Gasteiger partial charge in [-0.25, -0.2) is 4.79 Å². The van der Waals surface area contributed by atoms with Crippen molar-refractivity contribution < 1.29 is 27.7 Å². The Hall–Kier alpha value is -2.29. The monoisotopic (exact) mass is 455 g/mol. The molecule has 0 aromatic heterocycles. The molecule has 0 radical (unpaired) electrons. The standard InChI is InChI=1S/C23H33F3N4O2/c1-2-17-16-30(22(32)28-20-7-5-6-19(15-20)23(24,25)26)12-8-18(17)14-21(31)27-9-13-29-10-3-4-11-29/h5-7,15,17-18H,2-4,8-14,16H2,1H3,(H,27,31)(H,28,32)/p+1/t17-,18-/m0/s1. The van der Waals surface area contributed by atoms with Crippen molar-refractivity contribution in [1.29, 1.82) is 0 Å². The summed E-state index contributed by atoms with van der Waals surface area (Å²) in [6, 6.07) is 4.25. The molecule has 2 heterocycles. The van der Waals surface area contributed by atoms with E-state index in [1.54, 1.807) is 9.80 Å². The van der Waals surface area contributed by atoms with Gasteiger partial charge in [0.15, 0.2) is 0 Å². The van der Waals surface area contributed by atoms with Crippen molar-refractivity contribution in [2.75, 3.05) is 44.6 Å². The Morgan fingerprint density at radius 1 is 1.19 bits per heavy atom. The van der Waals surface area contributed by atoms with Crippen molar-refractivity contribution in [3.63, 3.8) is 0 Å². The van der Waals surface area contributed by atoms with Gasteiger partial charge in [0, 0.05) is 38.0 Å². The van der Waals surface area contributed by atoms with Gasteiger partial charge in [-0.2, -0.15) is 13.2 Å². The van der Waals surface area contributed by atoms with Crippen molar-refractivity contribution in [1.82, 2.24) is 10.2 Å². The molecular weight excluding hydrogens is 421 g/mol. The number of halogens is 3. The Labute approximate surface area is 187 Å². The number of carbonyl (C=O) groups excluding carboxylic acids is 2. The third-order valence-electron chi connectivity index (χ3n) is 6.70. The number of rotatable bonds is 7. The van der Waals surface area contributed by atoms with Gasteiger partial charge in [0.25, 0.3) is 0 Å². The number of benzene rings is 1. The molecule has 2 atom stereocenters. The smallest absolute Gasteiger partial charge is 0.350 e. The maximum absolute atomic E-state index is 12.9. The van der Waals surface area contributed by atoms with E-state index in [1.165, 1.54) is 38.1 Å². The van der Waals surface area contributed by atoms with Crippen LogP contribution in [0.2, 0.25) is 0 Å². The molecule has 9 heteroatoms. The zero-order valence-corrected chi connectivity index (χ0v) is 18.6. The summed E-state index contributed by atoms with van der Waals surface area (Å²) in [7, 11) is 0. The number of amides is 3. The number of piperidine rings is 1. The summed E-state index contributed by atoms with van der Waals surface area (Å²) in [5.74, 6) is 0.455. The number of alkyl halides is 3. The molecule has 1 aromatic carbocycles. The van der Waals surface area contributed by atoms with Gasteiger partial charge in [0.2, 0.25) is 5.91 Å². The Bertz CT molecular complexity index is 781. The van der Waals surface area contributed by atoms with Gasteiger partial charge in [-0.15, -0.1) is 0 Å². The highest BCUT2D eigenvalue weighted by molar-refractivity contribution is 5.89. The van der Waals surface area contributed by atoms with Crippen LogP contribution < -0.4 is 15.5 Å². The summed E-state index contributed by atoms with van der Waals surface area (Å²) in [4.78, 5) is 28.2. The van der Waals surface area contributed by atoms with Crippen molar-refractivity contribution in [3.8, 4) is 0 Å². The molecule has 2 aliphatic rings. The summed E-state index contributed by atoms with van der Waals surface area (Å²) >= 11 is 0. The average Bonchev–Trinajstić information content (AvgIpc) is 3.27. The Balaban J connectivity index is 1.47. The zero-order valence-electron chi connectivity index (χ0n) is 18.6. The molecule has 1 aromatic rings. The lowest BCUT2D eigenvalue weighted by Crippen LogP contribution is -3.10. The van der Waals surface area contributed by atoms with Gasteiger partial charge < -0.3 is 20.4 Å². The summed E-state index contributed by atoms with van der Waals surface area (Å²) < 4.78 is 38.7. The van der Waals surface area contributed by atoms with Crippen LogP contribution in [0.4, 0.5) is 23.7 Å². The third-order valence-corrected chi connectivity index (χ3v) is 6.70. The molecule has 0 bridgehead atoms. The van der Waals surface area contributed by atoms with E-state index in [9.17, 15) is 22.8 Å². The van der Waals surface area contributed by atoms with E-state index in [4.69, 9.17) is 0 Å². The topological polar surface area (TPSA) is 65.9 Å². The molecule has 178 valence electrons. The molecule has 3 amide bonds. The van der Waals surface area contributed by atoms with Gasteiger partial charge in [-0.3, -0.25) is 4.79 Å². The Morgan fingerprint density at radius 3 is 2.62 bits per heavy atom.